The lowest BCUT2D eigenvalue weighted by Crippen LogP contribution is -2.43. The van der Waals surface area contributed by atoms with Crippen molar-refractivity contribution in [2.24, 2.45) is 11.7 Å². The van der Waals surface area contributed by atoms with Crippen molar-refractivity contribution in [2.45, 2.75) is 38.3 Å². The molecule has 0 radical (unpaired) electrons. The molecule has 1 aromatic carbocycles. The van der Waals surface area contributed by atoms with Gasteiger partial charge in [-0.2, -0.15) is 0 Å². The number of hydrogen-bond acceptors (Lipinski definition) is 3. The number of rotatable bonds is 5. The van der Waals surface area contributed by atoms with Crippen molar-refractivity contribution in [1.82, 2.24) is 5.32 Å². The predicted octanol–water partition coefficient (Wildman–Crippen LogP) is 2.43. The van der Waals surface area contributed by atoms with Crippen molar-refractivity contribution in [1.29, 1.82) is 0 Å². The summed E-state index contributed by atoms with van der Waals surface area (Å²) < 4.78 is 5.67. The van der Waals surface area contributed by atoms with Crippen LogP contribution in [0, 0.1) is 5.92 Å². The van der Waals surface area contributed by atoms with Crippen molar-refractivity contribution in [3.8, 4) is 0 Å². The number of nitrogens with one attached hydrogen (secondary N) is 1. The van der Waals surface area contributed by atoms with Gasteiger partial charge in [-0.25, -0.2) is 0 Å². The molecule has 0 bridgehead atoms. The number of nitrogens with two attached hydrogens (primary N) is 1. The highest BCUT2D eigenvalue weighted by Crippen LogP contribution is 2.24. The van der Waals surface area contributed by atoms with Crippen LogP contribution in [0.1, 0.15) is 38.3 Å². The number of amides is 1. The summed E-state index contributed by atoms with van der Waals surface area (Å²) in [5.41, 5.74) is 6.93. The van der Waals surface area contributed by atoms with Gasteiger partial charge in [0.1, 0.15) is 0 Å². The first kappa shape index (κ1) is 18.0. The summed E-state index contributed by atoms with van der Waals surface area (Å²) in [6.45, 7) is 5.25. The highest BCUT2D eigenvalue weighted by atomic mass is 35.5. The normalized spacial score (nSPS) is 24.0. The Balaban J connectivity index is 0.00000220. The van der Waals surface area contributed by atoms with Gasteiger partial charge >= 0.3 is 0 Å². The third-order valence-corrected chi connectivity index (χ3v) is 4.07. The van der Waals surface area contributed by atoms with E-state index in [-0.39, 0.29) is 35.9 Å². The zero-order chi connectivity index (χ0) is 14.6. The molecule has 1 aliphatic heterocycles. The molecule has 1 amide bonds. The molecular formula is C16H25ClN2O2. The molecule has 0 spiro atoms. The summed E-state index contributed by atoms with van der Waals surface area (Å²) in [6, 6.07) is 9.44. The van der Waals surface area contributed by atoms with Crippen LogP contribution >= 0.6 is 12.4 Å². The molecule has 0 saturated carbocycles. The fourth-order valence-corrected chi connectivity index (χ4v) is 2.54. The minimum Gasteiger partial charge on any atom is -0.373 e. The number of carbonyl (C=O) groups excluding carboxylic acids is 1. The lowest BCUT2D eigenvalue weighted by molar-refractivity contribution is -0.126. The van der Waals surface area contributed by atoms with Crippen LogP contribution in [0.3, 0.4) is 0 Å². The molecule has 1 aliphatic rings. The number of halogens is 1. The molecule has 0 aromatic heterocycles. The standard InChI is InChI=1S/C16H24N2O2.ClH/c1-12(14(17)13-7-4-3-5-8-13)15(19)18-11-16(2)9-6-10-20-16;/h3-5,7-8,12,14H,6,9-11,17H2,1-2H3,(H,18,19);1H. The van der Waals surface area contributed by atoms with Crippen molar-refractivity contribution in [2.75, 3.05) is 13.2 Å². The fraction of sp³-hybridized carbons (Fsp3) is 0.562. The van der Waals surface area contributed by atoms with Crippen molar-refractivity contribution in [3.63, 3.8) is 0 Å². The van der Waals surface area contributed by atoms with Crippen LogP contribution in [0.5, 0.6) is 0 Å². The molecule has 2 rings (SSSR count). The van der Waals surface area contributed by atoms with E-state index in [4.69, 9.17) is 10.5 Å². The van der Waals surface area contributed by atoms with E-state index in [1.165, 1.54) is 0 Å². The Morgan fingerprint density at radius 2 is 2.10 bits per heavy atom. The largest absolute Gasteiger partial charge is 0.373 e. The smallest absolute Gasteiger partial charge is 0.224 e. The van der Waals surface area contributed by atoms with E-state index in [1.54, 1.807) is 0 Å². The molecule has 1 fully saturated rings. The Morgan fingerprint density at radius 3 is 2.67 bits per heavy atom. The summed E-state index contributed by atoms with van der Waals surface area (Å²) in [4.78, 5) is 12.2. The van der Waals surface area contributed by atoms with Gasteiger partial charge in [-0.15, -0.1) is 12.4 Å². The summed E-state index contributed by atoms with van der Waals surface area (Å²) in [7, 11) is 0. The Hall–Kier alpha value is -1.10. The third-order valence-electron chi connectivity index (χ3n) is 4.07. The zero-order valence-corrected chi connectivity index (χ0v) is 13.5. The third kappa shape index (κ3) is 4.70. The quantitative estimate of drug-likeness (QED) is 0.877. The fourth-order valence-electron chi connectivity index (χ4n) is 2.54. The van der Waals surface area contributed by atoms with Crippen molar-refractivity contribution < 1.29 is 9.53 Å². The van der Waals surface area contributed by atoms with Crippen LogP contribution < -0.4 is 11.1 Å². The van der Waals surface area contributed by atoms with Crippen LogP contribution in [-0.4, -0.2) is 24.7 Å². The van der Waals surface area contributed by atoms with Crippen LogP contribution in [0.4, 0.5) is 0 Å². The molecule has 5 heteroatoms. The summed E-state index contributed by atoms with van der Waals surface area (Å²) in [6.07, 6.45) is 2.05. The minimum absolute atomic E-state index is 0. The van der Waals surface area contributed by atoms with Crippen molar-refractivity contribution in [3.05, 3.63) is 35.9 Å². The van der Waals surface area contributed by atoms with E-state index >= 15 is 0 Å². The summed E-state index contributed by atoms with van der Waals surface area (Å²) in [5, 5.41) is 2.97. The predicted molar refractivity (Wildman–Crippen MR) is 86.4 cm³/mol. The molecule has 118 valence electrons. The van der Waals surface area contributed by atoms with E-state index in [2.05, 4.69) is 5.32 Å². The number of carbonyl (C=O) groups is 1. The van der Waals surface area contributed by atoms with Gasteiger partial charge in [-0.3, -0.25) is 4.79 Å². The maximum atomic E-state index is 12.2. The first-order valence-electron chi connectivity index (χ1n) is 7.24. The monoisotopic (exact) mass is 312 g/mol. The first-order valence-corrected chi connectivity index (χ1v) is 7.24. The van der Waals surface area contributed by atoms with Crippen LogP contribution in [0.15, 0.2) is 30.3 Å². The Bertz CT molecular complexity index is 447. The van der Waals surface area contributed by atoms with E-state index < -0.39 is 0 Å². The molecule has 0 aliphatic carbocycles. The maximum absolute atomic E-state index is 12.2. The van der Waals surface area contributed by atoms with E-state index in [0.29, 0.717) is 6.54 Å². The topological polar surface area (TPSA) is 64.3 Å². The van der Waals surface area contributed by atoms with Crippen LogP contribution in [0.25, 0.3) is 0 Å². The average molecular weight is 313 g/mol. The molecule has 1 saturated heterocycles. The lowest BCUT2D eigenvalue weighted by Gasteiger charge is -2.26. The van der Waals surface area contributed by atoms with E-state index in [0.717, 1.165) is 25.0 Å². The zero-order valence-electron chi connectivity index (χ0n) is 12.7. The number of hydrogen-bond donors (Lipinski definition) is 2. The number of ether oxygens (including phenoxy) is 1. The van der Waals surface area contributed by atoms with Gasteiger partial charge in [-0.1, -0.05) is 37.3 Å². The van der Waals surface area contributed by atoms with E-state index in [9.17, 15) is 4.79 Å². The van der Waals surface area contributed by atoms with Gasteiger partial charge in [0.25, 0.3) is 0 Å². The molecule has 1 heterocycles. The van der Waals surface area contributed by atoms with Gasteiger partial charge in [0.2, 0.25) is 5.91 Å². The average Bonchev–Trinajstić information content (AvgIpc) is 2.91. The summed E-state index contributed by atoms with van der Waals surface area (Å²) in [5.74, 6) is -0.277. The molecule has 21 heavy (non-hydrogen) atoms. The van der Waals surface area contributed by atoms with Crippen LogP contribution in [0.2, 0.25) is 0 Å². The molecule has 3 unspecified atom stereocenters. The van der Waals surface area contributed by atoms with Gasteiger partial charge in [0, 0.05) is 19.2 Å². The molecular weight excluding hydrogens is 288 g/mol. The second-order valence-corrected chi connectivity index (χ2v) is 5.84. The Kier molecular flexibility index (Phi) is 6.65. The lowest BCUT2D eigenvalue weighted by atomic mass is 9.94. The second-order valence-electron chi connectivity index (χ2n) is 5.84. The summed E-state index contributed by atoms with van der Waals surface area (Å²) >= 11 is 0. The van der Waals surface area contributed by atoms with Gasteiger partial charge < -0.3 is 15.8 Å². The SMILES string of the molecule is CC(C(=O)NCC1(C)CCCO1)C(N)c1ccccc1.Cl. The van der Waals surface area contributed by atoms with Gasteiger partial charge in [0.15, 0.2) is 0 Å². The molecule has 3 N–H and O–H groups in total. The molecule has 4 nitrogen and oxygen atoms in total. The van der Waals surface area contributed by atoms with Gasteiger partial charge in [0.05, 0.1) is 11.5 Å². The maximum Gasteiger partial charge on any atom is 0.224 e. The van der Waals surface area contributed by atoms with Gasteiger partial charge in [-0.05, 0) is 25.3 Å². The van der Waals surface area contributed by atoms with E-state index in [1.807, 2.05) is 44.2 Å². The first-order chi connectivity index (χ1) is 9.52. The Morgan fingerprint density at radius 1 is 1.43 bits per heavy atom. The second kappa shape index (κ2) is 7.78. The number of benzene rings is 1. The van der Waals surface area contributed by atoms with Crippen molar-refractivity contribution >= 4 is 18.3 Å². The highest BCUT2D eigenvalue weighted by molar-refractivity contribution is 5.85. The highest BCUT2D eigenvalue weighted by Gasteiger charge is 2.31. The Labute approximate surface area is 132 Å². The minimum atomic E-state index is -0.284. The molecule has 3 atom stereocenters. The molecule has 1 aromatic rings. The van der Waals surface area contributed by atoms with Crippen LogP contribution in [-0.2, 0) is 9.53 Å².